The van der Waals surface area contributed by atoms with Crippen LogP contribution in [0.25, 0.3) is 0 Å². The molecule has 35 heavy (non-hydrogen) atoms. The minimum absolute atomic E-state index is 0.373. The van der Waals surface area contributed by atoms with Crippen molar-refractivity contribution in [3.8, 4) is 0 Å². The first-order valence-electron chi connectivity index (χ1n) is 11.7. The number of carbonyl (C=O) groups excluding carboxylic acids is 3. The Kier molecular flexibility index (Phi) is 6.07. The highest BCUT2D eigenvalue weighted by molar-refractivity contribution is 6.30. The molecular formula is C28H26ClN3O3. The normalized spacial score (nSPS) is 19.9. The van der Waals surface area contributed by atoms with Crippen LogP contribution < -0.4 is 10.6 Å². The van der Waals surface area contributed by atoms with Crippen LogP contribution in [0.2, 0.25) is 5.02 Å². The third kappa shape index (κ3) is 4.42. The number of aryl methyl sites for hydroxylation is 2. The second-order valence-electron chi connectivity index (χ2n) is 9.25. The second-order valence-corrected chi connectivity index (χ2v) is 9.68. The highest BCUT2D eigenvalue weighted by Gasteiger charge is 2.49. The van der Waals surface area contributed by atoms with Crippen molar-refractivity contribution in [2.24, 2.45) is 0 Å². The van der Waals surface area contributed by atoms with Crippen LogP contribution in [0.5, 0.6) is 0 Å². The number of nitrogens with zero attached hydrogens (tertiary/aromatic N) is 1. The average molecular weight is 488 g/mol. The number of urea groups is 1. The summed E-state index contributed by atoms with van der Waals surface area (Å²) in [6.45, 7) is 1.32. The van der Waals surface area contributed by atoms with E-state index < -0.39 is 29.4 Å². The van der Waals surface area contributed by atoms with Crippen molar-refractivity contribution in [2.75, 3.05) is 6.54 Å². The summed E-state index contributed by atoms with van der Waals surface area (Å²) in [4.78, 5) is 40.3. The van der Waals surface area contributed by atoms with E-state index in [9.17, 15) is 14.4 Å². The van der Waals surface area contributed by atoms with Crippen LogP contribution in [0, 0.1) is 0 Å². The molecule has 6 nitrogen and oxygen atoms in total. The van der Waals surface area contributed by atoms with Gasteiger partial charge in [-0.1, -0.05) is 72.3 Å². The van der Waals surface area contributed by atoms with Crippen LogP contribution in [0.3, 0.4) is 0 Å². The molecule has 2 aliphatic rings. The van der Waals surface area contributed by atoms with Crippen LogP contribution in [0.4, 0.5) is 4.79 Å². The molecule has 0 aromatic heterocycles. The van der Waals surface area contributed by atoms with Gasteiger partial charge in [0.2, 0.25) is 5.91 Å². The Hall–Kier alpha value is -3.64. The third-order valence-corrected chi connectivity index (χ3v) is 7.15. The summed E-state index contributed by atoms with van der Waals surface area (Å²) in [7, 11) is 0. The van der Waals surface area contributed by atoms with Crippen LogP contribution in [0.15, 0.2) is 72.8 Å². The molecule has 4 amide bonds. The molecule has 5 rings (SSSR count). The number of rotatable bonds is 6. The van der Waals surface area contributed by atoms with E-state index >= 15 is 0 Å². The molecule has 3 aromatic carbocycles. The highest BCUT2D eigenvalue weighted by Crippen LogP contribution is 2.32. The first-order chi connectivity index (χ1) is 16.8. The molecule has 0 unspecified atom stereocenters. The zero-order valence-corrected chi connectivity index (χ0v) is 20.1. The minimum atomic E-state index is -1.20. The average Bonchev–Trinajstić information content (AvgIpc) is 3.42. The van der Waals surface area contributed by atoms with Gasteiger partial charge in [0.1, 0.15) is 12.1 Å². The monoisotopic (exact) mass is 487 g/mol. The van der Waals surface area contributed by atoms with E-state index in [-0.39, 0.29) is 6.54 Å². The lowest BCUT2D eigenvalue weighted by Gasteiger charge is -2.24. The fourth-order valence-corrected chi connectivity index (χ4v) is 5.06. The van der Waals surface area contributed by atoms with Gasteiger partial charge in [-0.2, -0.15) is 0 Å². The van der Waals surface area contributed by atoms with E-state index in [0.717, 1.165) is 40.9 Å². The van der Waals surface area contributed by atoms with Gasteiger partial charge < -0.3 is 10.6 Å². The quantitative estimate of drug-likeness (QED) is 0.502. The Morgan fingerprint density at radius 1 is 1.00 bits per heavy atom. The second kappa shape index (κ2) is 9.19. The summed E-state index contributed by atoms with van der Waals surface area (Å²) in [6, 6.07) is 21.7. The molecule has 1 aliphatic heterocycles. The van der Waals surface area contributed by atoms with E-state index in [4.69, 9.17) is 11.6 Å². The molecule has 0 bridgehead atoms. The van der Waals surface area contributed by atoms with E-state index in [1.807, 2.05) is 60.7 Å². The number of hydrogen-bond acceptors (Lipinski definition) is 3. The molecule has 0 saturated carbocycles. The lowest BCUT2D eigenvalue weighted by Crippen LogP contribution is -2.44. The number of imide groups is 1. The van der Waals surface area contributed by atoms with Crippen molar-refractivity contribution in [3.63, 3.8) is 0 Å². The molecule has 1 aliphatic carbocycles. The predicted molar refractivity (Wildman–Crippen MR) is 134 cm³/mol. The number of benzene rings is 3. The summed E-state index contributed by atoms with van der Waals surface area (Å²) in [5.74, 6) is -0.867. The fourth-order valence-electron chi connectivity index (χ4n) is 4.93. The Labute approximate surface area is 209 Å². The SMILES string of the molecule is C[C@]1(c2ccc3c(c2)CCC3)NC(=O)N(CC(=O)N[C@H](c2ccccc2)c2ccc(Cl)cc2)C1=O. The molecule has 7 heteroatoms. The van der Waals surface area contributed by atoms with Crippen molar-refractivity contribution in [2.45, 2.75) is 37.8 Å². The van der Waals surface area contributed by atoms with Gasteiger partial charge in [0.05, 0.1) is 6.04 Å². The third-order valence-electron chi connectivity index (χ3n) is 6.89. The first kappa shape index (κ1) is 23.1. The van der Waals surface area contributed by atoms with E-state index in [1.54, 1.807) is 19.1 Å². The maximum atomic E-state index is 13.4. The molecule has 0 radical (unpaired) electrons. The van der Waals surface area contributed by atoms with E-state index in [1.165, 1.54) is 11.1 Å². The van der Waals surface area contributed by atoms with Crippen LogP contribution in [-0.2, 0) is 28.0 Å². The smallest absolute Gasteiger partial charge is 0.325 e. The molecule has 3 aromatic rings. The summed E-state index contributed by atoms with van der Waals surface area (Å²) in [6.07, 6.45) is 3.10. The van der Waals surface area contributed by atoms with Gasteiger partial charge in [0.25, 0.3) is 5.91 Å². The van der Waals surface area contributed by atoms with Crippen molar-refractivity contribution in [1.29, 1.82) is 0 Å². The number of halogens is 1. The van der Waals surface area contributed by atoms with Crippen molar-refractivity contribution < 1.29 is 14.4 Å². The molecule has 178 valence electrons. The zero-order valence-electron chi connectivity index (χ0n) is 19.4. The Morgan fingerprint density at radius 3 is 2.43 bits per heavy atom. The molecule has 1 heterocycles. The van der Waals surface area contributed by atoms with Gasteiger partial charge in [0.15, 0.2) is 0 Å². The fraction of sp³-hybridized carbons (Fsp3) is 0.250. The summed E-state index contributed by atoms with van der Waals surface area (Å²) >= 11 is 6.05. The number of fused-ring (bicyclic) bond motifs is 1. The van der Waals surface area contributed by atoms with Crippen LogP contribution in [-0.4, -0.2) is 29.3 Å². The molecule has 2 atom stereocenters. The Balaban J connectivity index is 1.35. The van der Waals surface area contributed by atoms with Crippen molar-refractivity contribution in [3.05, 3.63) is 106 Å². The van der Waals surface area contributed by atoms with E-state index in [2.05, 4.69) is 10.6 Å². The zero-order chi connectivity index (χ0) is 24.6. The highest BCUT2D eigenvalue weighted by atomic mass is 35.5. The van der Waals surface area contributed by atoms with Crippen molar-refractivity contribution >= 4 is 29.4 Å². The largest absolute Gasteiger partial charge is 0.344 e. The summed E-state index contributed by atoms with van der Waals surface area (Å²) in [5.41, 5.74) is 3.76. The van der Waals surface area contributed by atoms with Gasteiger partial charge in [-0.05, 0) is 66.1 Å². The predicted octanol–water partition coefficient (Wildman–Crippen LogP) is 4.50. The maximum Gasteiger partial charge on any atom is 0.325 e. The maximum absolute atomic E-state index is 13.4. The van der Waals surface area contributed by atoms with Crippen LogP contribution >= 0.6 is 11.6 Å². The minimum Gasteiger partial charge on any atom is -0.344 e. The number of carbonyl (C=O) groups is 3. The van der Waals surface area contributed by atoms with Gasteiger partial charge in [0, 0.05) is 5.02 Å². The lowest BCUT2D eigenvalue weighted by molar-refractivity contribution is -0.135. The standard InChI is InChI=1S/C28H26ClN3O3/c1-28(22-13-10-18-8-5-9-21(18)16-22)26(34)32(27(35)31-28)17-24(33)30-25(19-6-3-2-4-7-19)20-11-14-23(29)15-12-20/h2-4,6-7,10-16,25H,5,8-9,17H2,1H3,(H,30,33)(H,31,35)/t25-,28-/m1/s1. The first-order valence-corrected chi connectivity index (χ1v) is 12.1. The van der Waals surface area contributed by atoms with Gasteiger partial charge >= 0.3 is 6.03 Å². The molecule has 1 saturated heterocycles. The van der Waals surface area contributed by atoms with Gasteiger partial charge in [-0.25, -0.2) is 4.79 Å². The molecule has 1 fully saturated rings. The number of nitrogens with one attached hydrogen (secondary N) is 2. The summed E-state index contributed by atoms with van der Waals surface area (Å²) in [5, 5.41) is 6.39. The molecule has 0 spiro atoms. The lowest BCUT2D eigenvalue weighted by atomic mass is 9.89. The van der Waals surface area contributed by atoms with E-state index in [0.29, 0.717) is 5.02 Å². The van der Waals surface area contributed by atoms with Crippen LogP contribution in [0.1, 0.15) is 47.2 Å². The number of hydrogen-bond donors (Lipinski definition) is 2. The van der Waals surface area contributed by atoms with Gasteiger partial charge in [-0.3, -0.25) is 14.5 Å². The Morgan fingerprint density at radius 2 is 1.69 bits per heavy atom. The molecule has 2 N–H and O–H groups in total. The summed E-state index contributed by atoms with van der Waals surface area (Å²) < 4.78 is 0. The number of amides is 4. The van der Waals surface area contributed by atoms with Gasteiger partial charge in [-0.15, -0.1) is 0 Å². The Bertz CT molecular complexity index is 1290. The topological polar surface area (TPSA) is 78.5 Å². The van der Waals surface area contributed by atoms with Crippen molar-refractivity contribution in [1.82, 2.24) is 15.5 Å². The molecular weight excluding hydrogens is 462 g/mol.